The molecular formula is C25H46O3. The van der Waals surface area contributed by atoms with Gasteiger partial charge in [0, 0.05) is 6.42 Å². The lowest BCUT2D eigenvalue weighted by molar-refractivity contribution is -0.146. The molecule has 2 aliphatic rings. The number of hydrogen-bond acceptors (Lipinski definition) is 3. The number of esters is 1. The van der Waals surface area contributed by atoms with E-state index in [0.29, 0.717) is 25.7 Å². The molecule has 3 heteroatoms. The van der Waals surface area contributed by atoms with Gasteiger partial charge in [-0.15, -0.1) is 0 Å². The van der Waals surface area contributed by atoms with Crippen LogP contribution in [-0.2, 0) is 14.3 Å². The van der Waals surface area contributed by atoms with Crippen molar-refractivity contribution in [2.75, 3.05) is 13.2 Å². The van der Waals surface area contributed by atoms with Gasteiger partial charge in [-0.3, -0.25) is 4.79 Å². The van der Waals surface area contributed by atoms with E-state index in [2.05, 4.69) is 13.8 Å². The summed E-state index contributed by atoms with van der Waals surface area (Å²) in [5.74, 6) is 2.87. The zero-order chi connectivity index (χ0) is 20.0. The van der Waals surface area contributed by atoms with Crippen LogP contribution in [0.4, 0.5) is 0 Å². The highest BCUT2D eigenvalue weighted by Crippen LogP contribution is 2.41. The lowest BCUT2D eigenvalue weighted by Crippen LogP contribution is -2.29. The maximum Gasteiger partial charge on any atom is 0.305 e. The van der Waals surface area contributed by atoms with Crippen molar-refractivity contribution in [3.8, 4) is 0 Å². The summed E-state index contributed by atoms with van der Waals surface area (Å²) in [5, 5.41) is 0. The number of rotatable bonds is 13. The fourth-order valence-electron chi connectivity index (χ4n) is 5.29. The molecule has 0 heterocycles. The summed E-state index contributed by atoms with van der Waals surface area (Å²) < 4.78 is 11.3. The first-order chi connectivity index (χ1) is 13.7. The average molecular weight is 395 g/mol. The van der Waals surface area contributed by atoms with Crippen LogP contribution in [0.2, 0.25) is 0 Å². The molecule has 0 bridgehead atoms. The molecule has 0 aliphatic heterocycles. The molecule has 2 rings (SSSR count). The Kier molecular flexibility index (Phi) is 12.2. The molecule has 0 spiro atoms. The standard InChI is InChI=1S/C25H46O3/c1-3-5-6-7-8-9-10-25(26)28-20-19-27-24-17-15-23(16-18-24)22-13-11-21(4-2)12-14-22/h21-24H,3-20H2,1-2H3. The van der Waals surface area contributed by atoms with Gasteiger partial charge >= 0.3 is 5.97 Å². The van der Waals surface area contributed by atoms with E-state index >= 15 is 0 Å². The van der Waals surface area contributed by atoms with Crippen molar-refractivity contribution in [2.45, 2.75) is 123 Å². The Bertz CT molecular complexity index is 393. The summed E-state index contributed by atoms with van der Waals surface area (Å²) in [6.07, 6.45) is 20.5. The Morgan fingerprint density at radius 2 is 1.36 bits per heavy atom. The molecule has 164 valence electrons. The Morgan fingerprint density at radius 1 is 0.750 bits per heavy atom. The number of ether oxygens (including phenoxy) is 2. The molecule has 0 N–H and O–H groups in total. The van der Waals surface area contributed by atoms with E-state index in [1.807, 2.05) is 0 Å². The molecule has 0 radical (unpaired) electrons. The average Bonchev–Trinajstić information content (AvgIpc) is 2.74. The second kappa shape index (κ2) is 14.4. The van der Waals surface area contributed by atoms with E-state index in [9.17, 15) is 4.79 Å². The third-order valence-corrected chi connectivity index (χ3v) is 7.29. The summed E-state index contributed by atoms with van der Waals surface area (Å²) in [4.78, 5) is 11.8. The van der Waals surface area contributed by atoms with Gasteiger partial charge < -0.3 is 9.47 Å². The molecule has 28 heavy (non-hydrogen) atoms. The molecule has 3 nitrogen and oxygen atoms in total. The highest BCUT2D eigenvalue weighted by atomic mass is 16.6. The molecular weight excluding hydrogens is 348 g/mol. The predicted octanol–water partition coefficient (Wildman–Crippen LogP) is 7.07. The van der Waals surface area contributed by atoms with Crippen LogP contribution >= 0.6 is 0 Å². The summed E-state index contributed by atoms with van der Waals surface area (Å²) in [5.41, 5.74) is 0. The van der Waals surface area contributed by atoms with Crippen LogP contribution in [0.15, 0.2) is 0 Å². The first kappa shape index (κ1) is 23.7. The van der Waals surface area contributed by atoms with Crippen LogP contribution in [0.5, 0.6) is 0 Å². The fourth-order valence-corrected chi connectivity index (χ4v) is 5.29. The minimum absolute atomic E-state index is 0.0505. The van der Waals surface area contributed by atoms with Gasteiger partial charge in [-0.2, -0.15) is 0 Å². The van der Waals surface area contributed by atoms with Gasteiger partial charge in [-0.1, -0.05) is 65.2 Å². The molecule has 0 aromatic rings. The van der Waals surface area contributed by atoms with E-state index < -0.39 is 0 Å². The molecule has 2 saturated carbocycles. The monoisotopic (exact) mass is 394 g/mol. The second-order valence-corrected chi connectivity index (χ2v) is 9.33. The summed E-state index contributed by atoms with van der Waals surface area (Å²) in [6, 6.07) is 0. The van der Waals surface area contributed by atoms with Crippen molar-refractivity contribution in [1.82, 2.24) is 0 Å². The van der Waals surface area contributed by atoms with Crippen molar-refractivity contribution >= 4 is 5.97 Å². The smallest absolute Gasteiger partial charge is 0.305 e. The van der Waals surface area contributed by atoms with Crippen LogP contribution < -0.4 is 0 Å². The van der Waals surface area contributed by atoms with Crippen LogP contribution in [0.25, 0.3) is 0 Å². The van der Waals surface area contributed by atoms with E-state index in [0.717, 1.165) is 30.6 Å². The predicted molar refractivity (Wildman–Crippen MR) is 116 cm³/mol. The highest BCUT2D eigenvalue weighted by Gasteiger charge is 2.30. The summed E-state index contributed by atoms with van der Waals surface area (Å²) in [7, 11) is 0. The third-order valence-electron chi connectivity index (χ3n) is 7.29. The minimum Gasteiger partial charge on any atom is -0.463 e. The normalized spacial score (nSPS) is 28.2. The van der Waals surface area contributed by atoms with Crippen molar-refractivity contribution in [3.63, 3.8) is 0 Å². The van der Waals surface area contributed by atoms with Crippen molar-refractivity contribution < 1.29 is 14.3 Å². The topological polar surface area (TPSA) is 35.5 Å². The van der Waals surface area contributed by atoms with Crippen molar-refractivity contribution in [3.05, 3.63) is 0 Å². The summed E-state index contributed by atoms with van der Waals surface area (Å²) in [6.45, 7) is 5.57. The molecule has 0 aromatic carbocycles. The first-order valence-corrected chi connectivity index (χ1v) is 12.5. The van der Waals surface area contributed by atoms with Gasteiger partial charge in [-0.05, 0) is 62.7 Å². The lowest BCUT2D eigenvalue weighted by Gasteiger charge is -2.37. The third kappa shape index (κ3) is 9.29. The SMILES string of the molecule is CCCCCCCCC(=O)OCCOC1CCC(C2CCC(CC)CC2)CC1. The number of hydrogen-bond donors (Lipinski definition) is 0. The molecule has 0 unspecified atom stereocenters. The van der Waals surface area contributed by atoms with E-state index in [1.54, 1.807) is 0 Å². The molecule has 2 fully saturated rings. The van der Waals surface area contributed by atoms with Gasteiger partial charge in [0.15, 0.2) is 0 Å². The number of carbonyl (C=O) groups is 1. The Hall–Kier alpha value is -0.570. The van der Waals surface area contributed by atoms with Crippen LogP contribution in [0, 0.1) is 17.8 Å². The molecule has 2 aliphatic carbocycles. The maximum atomic E-state index is 11.8. The fraction of sp³-hybridized carbons (Fsp3) is 0.960. The second-order valence-electron chi connectivity index (χ2n) is 9.33. The molecule has 0 saturated heterocycles. The van der Waals surface area contributed by atoms with Gasteiger partial charge in [-0.25, -0.2) is 0 Å². The number of unbranched alkanes of at least 4 members (excludes halogenated alkanes) is 5. The highest BCUT2D eigenvalue weighted by molar-refractivity contribution is 5.69. The maximum absolute atomic E-state index is 11.8. The Labute approximate surface area is 174 Å². The Morgan fingerprint density at radius 3 is 2.00 bits per heavy atom. The quantitative estimate of drug-likeness (QED) is 0.247. The van der Waals surface area contributed by atoms with Crippen molar-refractivity contribution in [1.29, 1.82) is 0 Å². The van der Waals surface area contributed by atoms with Gasteiger partial charge in [0.25, 0.3) is 0 Å². The lowest BCUT2D eigenvalue weighted by atomic mass is 9.70. The number of carbonyl (C=O) groups excluding carboxylic acids is 1. The van der Waals surface area contributed by atoms with Gasteiger partial charge in [0.1, 0.15) is 6.61 Å². The minimum atomic E-state index is -0.0505. The van der Waals surface area contributed by atoms with Crippen LogP contribution in [0.1, 0.15) is 117 Å². The largest absolute Gasteiger partial charge is 0.463 e. The molecule has 0 aromatic heterocycles. The van der Waals surface area contributed by atoms with Gasteiger partial charge in [0.2, 0.25) is 0 Å². The molecule has 0 atom stereocenters. The van der Waals surface area contributed by atoms with E-state index in [-0.39, 0.29) is 5.97 Å². The zero-order valence-corrected chi connectivity index (χ0v) is 18.8. The van der Waals surface area contributed by atoms with Crippen molar-refractivity contribution in [2.24, 2.45) is 17.8 Å². The van der Waals surface area contributed by atoms with Crippen LogP contribution in [-0.4, -0.2) is 25.3 Å². The van der Waals surface area contributed by atoms with E-state index in [4.69, 9.17) is 9.47 Å². The van der Waals surface area contributed by atoms with Gasteiger partial charge in [0.05, 0.1) is 12.7 Å². The van der Waals surface area contributed by atoms with Crippen LogP contribution in [0.3, 0.4) is 0 Å². The zero-order valence-electron chi connectivity index (χ0n) is 18.8. The summed E-state index contributed by atoms with van der Waals surface area (Å²) >= 11 is 0. The van der Waals surface area contributed by atoms with E-state index in [1.165, 1.54) is 83.5 Å². The Balaban J connectivity index is 1.44. The first-order valence-electron chi connectivity index (χ1n) is 12.5. The molecule has 0 amide bonds.